The second kappa shape index (κ2) is 6.19. The van der Waals surface area contributed by atoms with Gasteiger partial charge in [0.2, 0.25) is 0 Å². The second-order valence-electron chi connectivity index (χ2n) is 5.19. The number of hydrogen-bond acceptors (Lipinski definition) is 1. The first-order valence-electron chi connectivity index (χ1n) is 6.64. The third-order valence-corrected chi connectivity index (χ3v) is 4.78. The number of aliphatic hydroxyl groups excluding tert-OH is 1. The van der Waals surface area contributed by atoms with Gasteiger partial charge in [-0.05, 0) is 65.0 Å². The second-order valence-corrected chi connectivity index (χ2v) is 6.43. The van der Waals surface area contributed by atoms with Gasteiger partial charge in [-0.15, -0.1) is 0 Å². The molecule has 0 spiro atoms. The van der Waals surface area contributed by atoms with E-state index >= 15 is 0 Å². The molecule has 2 rings (SSSR count). The zero-order valence-electron chi connectivity index (χ0n) is 10.4. The maximum atomic E-state index is 10.4. The van der Waals surface area contributed by atoms with Gasteiger partial charge in [-0.3, -0.25) is 0 Å². The standard InChI is InChI=1S/C15H21IO/c1-2-11-6-8-12(9-7-11)15(17)13-4-3-5-14(16)10-13/h3-5,10-12,15,17H,2,6-9H2,1H3. The first-order valence-corrected chi connectivity index (χ1v) is 7.72. The van der Waals surface area contributed by atoms with E-state index in [0.717, 1.165) is 11.5 Å². The Balaban J connectivity index is 1.99. The summed E-state index contributed by atoms with van der Waals surface area (Å²) in [6.07, 6.45) is 6.00. The monoisotopic (exact) mass is 344 g/mol. The molecular formula is C15H21IO. The molecule has 1 N–H and O–H groups in total. The molecule has 0 saturated heterocycles. The maximum Gasteiger partial charge on any atom is 0.0818 e. The van der Waals surface area contributed by atoms with Gasteiger partial charge >= 0.3 is 0 Å². The predicted octanol–water partition coefficient (Wildman–Crippen LogP) is 4.54. The van der Waals surface area contributed by atoms with Crippen LogP contribution in [0.25, 0.3) is 0 Å². The molecule has 0 amide bonds. The Bertz CT molecular complexity index is 356. The summed E-state index contributed by atoms with van der Waals surface area (Å²) in [5, 5.41) is 10.4. The lowest BCUT2D eigenvalue weighted by Crippen LogP contribution is -2.20. The van der Waals surface area contributed by atoms with Crippen molar-refractivity contribution in [2.75, 3.05) is 0 Å². The average molecular weight is 344 g/mol. The summed E-state index contributed by atoms with van der Waals surface area (Å²) in [4.78, 5) is 0. The molecule has 0 heterocycles. The lowest BCUT2D eigenvalue weighted by molar-refractivity contribution is 0.0729. The molecule has 0 aromatic heterocycles. The summed E-state index contributed by atoms with van der Waals surface area (Å²) in [6, 6.07) is 8.28. The van der Waals surface area contributed by atoms with Crippen molar-refractivity contribution >= 4 is 22.6 Å². The Morgan fingerprint density at radius 2 is 2.00 bits per heavy atom. The van der Waals surface area contributed by atoms with E-state index in [0.29, 0.717) is 5.92 Å². The van der Waals surface area contributed by atoms with E-state index in [4.69, 9.17) is 0 Å². The van der Waals surface area contributed by atoms with Crippen LogP contribution in [0.3, 0.4) is 0 Å². The number of hydrogen-bond donors (Lipinski definition) is 1. The van der Waals surface area contributed by atoms with Gasteiger partial charge in [0.05, 0.1) is 6.10 Å². The van der Waals surface area contributed by atoms with Crippen LogP contribution >= 0.6 is 22.6 Å². The van der Waals surface area contributed by atoms with E-state index < -0.39 is 0 Å². The highest BCUT2D eigenvalue weighted by Gasteiger charge is 2.26. The average Bonchev–Trinajstić information content (AvgIpc) is 2.38. The van der Waals surface area contributed by atoms with E-state index in [-0.39, 0.29) is 6.10 Å². The van der Waals surface area contributed by atoms with E-state index in [1.807, 2.05) is 6.07 Å². The van der Waals surface area contributed by atoms with Crippen molar-refractivity contribution in [1.82, 2.24) is 0 Å². The van der Waals surface area contributed by atoms with Gasteiger partial charge in [0, 0.05) is 3.57 Å². The molecule has 1 aromatic carbocycles. The summed E-state index contributed by atoms with van der Waals surface area (Å²) < 4.78 is 1.21. The molecule has 94 valence electrons. The molecule has 2 heteroatoms. The van der Waals surface area contributed by atoms with Gasteiger partial charge < -0.3 is 5.11 Å². The largest absolute Gasteiger partial charge is 0.388 e. The smallest absolute Gasteiger partial charge is 0.0818 e. The van der Waals surface area contributed by atoms with Crippen molar-refractivity contribution in [3.05, 3.63) is 33.4 Å². The highest BCUT2D eigenvalue weighted by atomic mass is 127. The molecule has 1 unspecified atom stereocenters. The summed E-state index contributed by atoms with van der Waals surface area (Å²) >= 11 is 2.31. The Kier molecular flexibility index (Phi) is 4.86. The lowest BCUT2D eigenvalue weighted by Gasteiger charge is -2.31. The Hall–Kier alpha value is -0.0900. The fourth-order valence-electron chi connectivity index (χ4n) is 2.87. The van der Waals surface area contributed by atoms with Gasteiger partial charge in [0.1, 0.15) is 0 Å². The third-order valence-electron chi connectivity index (χ3n) is 4.11. The van der Waals surface area contributed by atoms with Crippen LogP contribution in [-0.2, 0) is 0 Å². The van der Waals surface area contributed by atoms with Crippen molar-refractivity contribution < 1.29 is 5.11 Å². The molecule has 1 fully saturated rings. The van der Waals surface area contributed by atoms with Crippen LogP contribution in [0.4, 0.5) is 0 Å². The predicted molar refractivity (Wildman–Crippen MR) is 79.9 cm³/mol. The van der Waals surface area contributed by atoms with Gasteiger partial charge in [0.25, 0.3) is 0 Å². The quantitative estimate of drug-likeness (QED) is 0.798. The first kappa shape index (κ1) is 13.3. The Morgan fingerprint density at radius 3 is 2.59 bits per heavy atom. The molecule has 0 radical (unpaired) electrons. The summed E-state index contributed by atoms with van der Waals surface area (Å²) in [6.45, 7) is 2.28. The highest BCUT2D eigenvalue weighted by molar-refractivity contribution is 14.1. The van der Waals surface area contributed by atoms with Crippen molar-refractivity contribution in [2.45, 2.75) is 45.1 Å². The molecule has 1 nitrogen and oxygen atoms in total. The SMILES string of the molecule is CCC1CCC(C(O)c2cccc(I)c2)CC1. The van der Waals surface area contributed by atoms with Gasteiger partial charge in [-0.2, -0.15) is 0 Å². The minimum absolute atomic E-state index is 0.262. The van der Waals surface area contributed by atoms with Crippen LogP contribution in [0.5, 0.6) is 0 Å². The molecule has 0 aliphatic heterocycles. The normalized spacial score (nSPS) is 26.8. The third kappa shape index (κ3) is 3.44. The number of aliphatic hydroxyl groups is 1. The molecule has 1 atom stereocenters. The molecule has 1 aromatic rings. The summed E-state index contributed by atoms with van der Waals surface area (Å²) in [5.41, 5.74) is 1.09. The number of benzene rings is 1. The van der Waals surface area contributed by atoms with Crippen molar-refractivity contribution in [1.29, 1.82) is 0 Å². The van der Waals surface area contributed by atoms with Crippen molar-refractivity contribution in [3.8, 4) is 0 Å². The lowest BCUT2D eigenvalue weighted by atomic mass is 9.77. The van der Waals surface area contributed by atoms with E-state index in [2.05, 4.69) is 47.7 Å². The molecule has 0 bridgehead atoms. The number of halogens is 1. The molecule has 1 aliphatic rings. The van der Waals surface area contributed by atoms with Crippen molar-refractivity contribution in [2.24, 2.45) is 11.8 Å². The molecule has 17 heavy (non-hydrogen) atoms. The summed E-state index contributed by atoms with van der Waals surface area (Å²) in [7, 11) is 0. The van der Waals surface area contributed by atoms with Crippen LogP contribution in [0.2, 0.25) is 0 Å². The maximum absolute atomic E-state index is 10.4. The minimum Gasteiger partial charge on any atom is -0.388 e. The Labute approximate surface area is 118 Å². The topological polar surface area (TPSA) is 20.2 Å². The van der Waals surface area contributed by atoms with Crippen LogP contribution < -0.4 is 0 Å². The fraction of sp³-hybridized carbons (Fsp3) is 0.600. The van der Waals surface area contributed by atoms with E-state index in [1.54, 1.807) is 0 Å². The van der Waals surface area contributed by atoms with Crippen LogP contribution in [0, 0.1) is 15.4 Å². The zero-order chi connectivity index (χ0) is 12.3. The molecule has 1 saturated carbocycles. The van der Waals surface area contributed by atoms with Crippen LogP contribution in [-0.4, -0.2) is 5.11 Å². The van der Waals surface area contributed by atoms with Crippen LogP contribution in [0.15, 0.2) is 24.3 Å². The zero-order valence-corrected chi connectivity index (χ0v) is 12.6. The van der Waals surface area contributed by atoms with Gasteiger partial charge in [0.15, 0.2) is 0 Å². The summed E-state index contributed by atoms with van der Waals surface area (Å²) in [5.74, 6) is 1.37. The van der Waals surface area contributed by atoms with E-state index in [9.17, 15) is 5.11 Å². The van der Waals surface area contributed by atoms with Crippen LogP contribution in [0.1, 0.15) is 50.7 Å². The highest BCUT2D eigenvalue weighted by Crippen LogP contribution is 2.37. The molecular weight excluding hydrogens is 323 g/mol. The number of rotatable bonds is 3. The Morgan fingerprint density at radius 1 is 1.29 bits per heavy atom. The van der Waals surface area contributed by atoms with Gasteiger partial charge in [-0.1, -0.05) is 38.3 Å². The molecule has 1 aliphatic carbocycles. The van der Waals surface area contributed by atoms with Gasteiger partial charge in [-0.25, -0.2) is 0 Å². The first-order chi connectivity index (χ1) is 8.20. The van der Waals surface area contributed by atoms with Crippen molar-refractivity contribution in [3.63, 3.8) is 0 Å². The fourth-order valence-corrected chi connectivity index (χ4v) is 3.44. The minimum atomic E-state index is -0.262. The van der Waals surface area contributed by atoms with E-state index in [1.165, 1.54) is 35.7 Å².